The number of nitrogens with one attached hydrogen (secondary N) is 1. The van der Waals surface area contributed by atoms with Crippen LogP contribution in [0.2, 0.25) is 5.02 Å². The van der Waals surface area contributed by atoms with Crippen LogP contribution in [0.5, 0.6) is 0 Å². The highest BCUT2D eigenvalue weighted by atomic mass is 35.5. The van der Waals surface area contributed by atoms with Crippen LogP contribution in [0.3, 0.4) is 0 Å². The smallest absolute Gasteiger partial charge is 0.291 e. The third-order valence-corrected chi connectivity index (χ3v) is 3.68. The van der Waals surface area contributed by atoms with E-state index in [-0.39, 0.29) is 11.7 Å². The molecule has 0 aliphatic carbocycles. The average Bonchev–Trinajstić information content (AvgIpc) is 3.10. The Balaban J connectivity index is 1.91. The molecule has 7 heteroatoms. The number of aryl methyl sites for hydroxylation is 1. The average molecular weight is 308 g/mol. The van der Waals surface area contributed by atoms with Crippen molar-refractivity contribution >= 4 is 46.0 Å². The summed E-state index contributed by atoms with van der Waals surface area (Å²) in [7, 11) is 0. The molecule has 0 radical (unpaired) electrons. The van der Waals surface area contributed by atoms with Gasteiger partial charge in [0.25, 0.3) is 5.91 Å². The molecule has 0 saturated heterocycles. The minimum Gasteiger partial charge on any atom is -0.456 e. The van der Waals surface area contributed by atoms with Gasteiger partial charge in [-0.25, -0.2) is 0 Å². The van der Waals surface area contributed by atoms with Gasteiger partial charge < -0.3 is 9.73 Å². The number of benzene rings is 1. The Labute approximate surface area is 123 Å². The molecule has 1 N–H and O–H groups in total. The lowest BCUT2D eigenvalue weighted by Gasteiger charge is -2.04. The molecular weight excluding hydrogens is 298 g/mol. The van der Waals surface area contributed by atoms with Crippen LogP contribution in [-0.2, 0) is 6.42 Å². The van der Waals surface area contributed by atoms with Gasteiger partial charge in [-0.1, -0.05) is 18.5 Å². The molecule has 20 heavy (non-hydrogen) atoms. The van der Waals surface area contributed by atoms with Crippen molar-refractivity contribution in [2.45, 2.75) is 13.3 Å². The first-order valence-corrected chi connectivity index (χ1v) is 7.10. The molecule has 3 aromatic rings. The molecule has 2 aromatic heterocycles. The van der Waals surface area contributed by atoms with Gasteiger partial charge in [-0.05, 0) is 24.3 Å². The molecule has 0 aliphatic rings. The van der Waals surface area contributed by atoms with Crippen LogP contribution in [0, 0.1) is 0 Å². The number of carbonyl (C=O) groups is 1. The highest BCUT2D eigenvalue weighted by Gasteiger charge is 2.15. The number of aromatic nitrogens is 2. The molecule has 102 valence electrons. The molecule has 1 aromatic carbocycles. The second kappa shape index (κ2) is 5.22. The van der Waals surface area contributed by atoms with Gasteiger partial charge in [0, 0.05) is 6.42 Å². The highest BCUT2D eigenvalue weighted by Crippen LogP contribution is 2.28. The zero-order valence-electron chi connectivity index (χ0n) is 10.5. The fourth-order valence-corrected chi connectivity index (χ4v) is 2.63. The van der Waals surface area contributed by atoms with Crippen molar-refractivity contribution < 1.29 is 9.21 Å². The molecule has 0 bridgehead atoms. The van der Waals surface area contributed by atoms with Gasteiger partial charge in [-0.3, -0.25) is 4.79 Å². The van der Waals surface area contributed by atoms with Gasteiger partial charge in [0.1, 0.15) is 16.8 Å². The Kier molecular flexibility index (Phi) is 3.42. The standard InChI is InChI=1S/C13H10ClN3O2S/c1-2-7-3-6-10(19-7)13(18)15-9-5-4-8(14)11-12(9)17-20-16-11/h3-6H,2H2,1H3,(H,15,18). The van der Waals surface area contributed by atoms with Crippen LogP contribution in [0.1, 0.15) is 23.2 Å². The van der Waals surface area contributed by atoms with Gasteiger partial charge >= 0.3 is 0 Å². The molecule has 0 spiro atoms. The zero-order chi connectivity index (χ0) is 14.1. The monoisotopic (exact) mass is 307 g/mol. The first kappa shape index (κ1) is 13.1. The Hall–Kier alpha value is -1.92. The molecule has 1 amide bonds. The van der Waals surface area contributed by atoms with Crippen LogP contribution in [0.4, 0.5) is 5.69 Å². The van der Waals surface area contributed by atoms with Crippen molar-refractivity contribution in [3.63, 3.8) is 0 Å². The lowest BCUT2D eigenvalue weighted by molar-refractivity contribution is 0.0995. The van der Waals surface area contributed by atoms with E-state index >= 15 is 0 Å². The van der Waals surface area contributed by atoms with Gasteiger partial charge in [0.2, 0.25) is 0 Å². The maximum Gasteiger partial charge on any atom is 0.291 e. The molecule has 5 nitrogen and oxygen atoms in total. The molecule has 3 rings (SSSR count). The third kappa shape index (κ3) is 2.28. The molecule has 0 aliphatic heterocycles. The van der Waals surface area contributed by atoms with Crippen molar-refractivity contribution in [3.8, 4) is 0 Å². The highest BCUT2D eigenvalue weighted by molar-refractivity contribution is 7.00. The van der Waals surface area contributed by atoms with E-state index in [1.54, 1.807) is 24.3 Å². The minimum atomic E-state index is -0.318. The van der Waals surface area contributed by atoms with Gasteiger partial charge in [0.05, 0.1) is 22.4 Å². The Morgan fingerprint density at radius 3 is 2.85 bits per heavy atom. The Morgan fingerprint density at radius 1 is 1.30 bits per heavy atom. The maximum atomic E-state index is 12.1. The van der Waals surface area contributed by atoms with Crippen molar-refractivity contribution in [2.75, 3.05) is 5.32 Å². The van der Waals surface area contributed by atoms with E-state index in [0.29, 0.717) is 21.7 Å². The van der Waals surface area contributed by atoms with Gasteiger partial charge in [-0.15, -0.1) is 0 Å². The number of amides is 1. The molecule has 0 fully saturated rings. The largest absolute Gasteiger partial charge is 0.456 e. The van der Waals surface area contributed by atoms with E-state index in [1.807, 2.05) is 6.92 Å². The fraction of sp³-hybridized carbons (Fsp3) is 0.154. The summed E-state index contributed by atoms with van der Waals surface area (Å²) >= 11 is 7.07. The molecular formula is C13H10ClN3O2S. The Morgan fingerprint density at radius 2 is 2.10 bits per heavy atom. The predicted molar refractivity (Wildman–Crippen MR) is 78.5 cm³/mol. The van der Waals surface area contributed by atoms with E-state index in [1.165, 1.54) is 0 Å². The van der Waals surface area contributed by atoms with Crippen molar-refractivity contribution in [1.29, 1.82) is 0 Å². The van der Waals surface area contributed by atoms with Crippen LogP contribution in [0.15, 0.2) is 28.7 Å². The summed E-state index contributed by atoms with van der Waals surface area (Å²) in [6, 6.07) is 6.82. The van der Waals surface area contributed by atoms with Crippen LogP contribution >= 0.6 is 23.3 Å². The number of hydrogen-bond donors (Lipinski definition) is 1. The topological polar surface area (TPSA) is 68.0 Å². The number of rotatable bonds is 3. The fourth-order valence-electron chi connectivity index (χ4n) is 1.81. The van der Waals surface area contributed by atoms with Crippen LogP contribution < -0.4 is 5.32 Å². The van der Waals surface area contributed by atoms with E-state index < -0.39 is 0 Å². The normalized spacial score (nSPS) is 10.9. The molecule has 0 saturated carbocycles. The van der Waals surface area contributed by atoms with Crippen LogP contribution in [-0.4, -0.2) is 14.7 Å². The minimum absolute atomic E-state index is 0.271. The van der Waals surface area contributed by atoms with Crippen LogP contribution in [0.25, 0.3) is 11.0 Å². The summed E-state index contributed by atoms with van der Waals surface area (Å²) in [5, 5.41) is 3.28. The lowest BCUT2D eigenvalue weighted by Crippen LogP contribution is -2.11. The quantitative estimate of drug-likeness (QED) is 0.800. The van der Waals surface area contributed by atoms with Crippen molar-refractivity contribution in [1.82, 2.24) is 8.75 Å². The van der Waals surface area contributed by atoms with Gasteiger partial charge in [-0.2, -0.15) is 8.75 Å². The number of nitrogens with zero attached hydrogens (tertiary/aromatic N) is 2. The maximum absolute atomic E-state index is 12.1. The first-order chi connectivity index (χ1) is 9.69. The lowest BCUT2D eigenvalue weighted by atomic mass is 10.2. The second-order valence-corrected chi connectivity index (χ2v) is 5.07. The number of furan rings is 1. The van der Waals surface area contributed by atoms with E-state index in [9.17, 15) is 4.79 Å². The van der Waals surface area contributed by atoms with E-state index in [0.717, 1.165) is 23.9 Å². The summed E-state index contributed by atoms with van der Waals surface area (Å²) < 4.78 is 13.7. The van der Waals surface area contributed by atoms with E-state index in [4.69, 9.17) is 16.0 Å². The van der Waals surface area contributed by atoms with E-state index in [2.05, 4.69) is 14.1 Å². The number of hydrogen-bond acceptors (Lipinski definition) is 5. The zero-order valence-corrected chi connectivity index (χ0v) is 12.1. The van der Waals surface area contributed by atoms with Crippen molar-refractivity contribution in [2.24, 2.45) is 0 Å². The number of carbonyl (C=O) groups excluding carboxylic acids is 1. The number of fused-ring (bicyclic) bond motifs is 1. The molecule has 0 unspecified atom stereocenters. The van der Waals surface area contributed by atoms with Crippen molar-refractivity contribution in [3.05, 3.63) is 40.8 Å². The SMILES string of the molecule is CCc1ccc(C(=O)Nc2ccc(Cl)c3nsnc23)o1. The van der Waals surface area contributed by atoms with Gasteiger partial charge in [0.15, 0.2) is 5.76 Å². The molecule has 2 heterocycles. The number of halogens is 1. The number of anilines is 1. The summed E-state index contributed by atoms with van der Waals surface area (Å²) in [6.07, 6.45) is 0.745. The Bertz CT molecular complexity index is 781. The second-order valence-electron chi connectivity index (χ2n) is 4.13. The molecule has 0 atom stereocenters. The summed E-state index contributed by atoms with van der Waals surface area (Å²) in [5.74, 6) is 0.723. The first-order valence-electron chi connectivity index (χ1n) is 6.00. The predicted octanol–water partition coefficient (Wildman–Crippen LogP) is 3.75. The summed E-state index contributed by atoms with van der Waals surface area (Å²) in [4.78, 5) is 12.1. The third-order valence-electron chi connectivity index (χ3n) is 2.85. The summed E-state index contributed by atoms with van der Waals surface area (Å²) in [6.45, 7) is 1.96. The summed E-state index contributed by atoms with van der Waals surface area (Å²) in [5.41, 5.74) is 1.74.